The molecule has 3 N–H and O–H groups in total. The Labute approximate surface area is 162 Å². The molecule has 8 nitrogen and oxygen atoms in total. The van der Waals surface area contributed by atoms with E-state index in [0.717, 1.165) is 0 Å². The van der Waals surface area contributed by atoms with Crippen LogP contribution in [0.3, 0.4) is 0 Å². The van der Waals surface area contributed by atoms with Crippen LogP contribution in [0.1, 0.15) is 22.8 Å². The first-order chi connectivity index (χ1) is 13.4. The van der Waals surface area contributed by atoms with Crippen LogP contribution in [0, 0.1) is 6.92 Å². The van der Waals surface area contributed by atoms with E-state index in [1.807, 2.05) is 6.92 Å². The Hall–Kier alpha value is -3.55. The number of carbonyl (C=O) groups excluding carboxylic acids is 2. The molecule has 0 aliphatic heterocycles. The Morgan fingerprint density at radius 3 is 2.50 bits per heavy atom. The maximum Gasteiger partial charge on any atom is 0.341 e. The van der Waals surface area contributed by atoms with Crippen LogP contribution in [0.15, 0.2) is 42.5 Å². The second kappa shape index (κ2) is 9.96. The Morgan fingerprint density at radius 1 is 1.07 bits per heavy atom. The molecule has 0 radical (unpaired) electrons. The number of carbonyl (C=O) groups is 3. The van der Waals surface area contributed by atoms with Gasteiger partial charge in [0.25, 0.3) is 5.91 Å². The lowest BCUT2D eigenvalue weighted by Crippen LogP contribution is -2.33. The summed E-state index contributed by atoms with van der Waals surface area (Å²) in [6.45, 7) is 3.34. The summed E-state index contributed by atoms with van der Waals surface area (Å²) in [6.07, 6.45) is 0. The van der Waals surface area contributed by atoms with E-state index in [1.165, 1.54) is 0 Å². The van der Waals surface area contributed by atoms with Crippen molar-refractivity contribution in [3.8, 4) is 11.5 Å². The van der Waals surface area contributed by atoms with Crippen molar-refractivity contribution in [3.63, 3.8) is 0 Å². The van der Waals surface area contributed by atoms with Crippen LogP contribution in [0.25, 0.3) is 0 Å². The average molecular weight is 386 g/mol. The van der Waals surface area contributed by atoms with Crippen molar-refractivity contribution < 1.29 is 29.0 Å². The summed E-state index contributed by atoms with van der Waals surface area (Å²) in [7, 11) is 0. The topological polar surface area (TPSA) is 114 Å². The van der Waals surface area contributed by atoms with Crippen LogP contribution in [0.5, 0.6) is 11.5 Å². The van der Waals surface area contributed by atoms with Gasteiger partial charge in [-0.05, 0) is 49.7 Å². The van der Waals surface area contributed by atoms with Gasteiger partial charge in [-0.3, -0.25) is 9.59 Å². The second-order valence-electron chi connectivity index (χ2n) is 5.82. The number of aryl methyl sites for hydroxylation is 1. The van der Waals surface area contributed by atoms with Gasteiger partial charge in [-0.2, -0.15) is 0 Å². The van der Waals surface area contributed by atoms with Crippen molar-refractivity contribution in [2.75, 3.05) is 25.1 Å². The predicted octanol–water partition coefficient (Wildman–Crippen LogP) is 2.23. The molecular formula is C20H22N2O6. The van der Waals surface area contributed by atoms with E-state index < -0.39 is 24.4 Å². The monoisotopic (exact) mass is 386 g/mol. The molecule has 0 aliphatic carbocycles. The molecule has 0 fully saturated rings. The number of para-hydroxylation sites is 1. The number of carboxylic acid groups (broad SMARTS) is 1. The fraction of sp³-hybridized carbons (Fsp3) is 0.250. The lowest BCUT2D eigenvalue weighted by Gasteiger charge is -2.12. The normalized spacial score (nSPS) is 10.1. The second-order valence-corrected chi connectivity index (χ2v) is 5.82. The largest absolute Gasteiger partial charge is 0.493 e. The minimum Gasteiger partial charge on any atom is -0.493 e. The van der Waals surface area contributed by atoms with Gasteiger partial charge in [-0.25, -0.2) is 4.79 Å². The predicted molar refractivity (Wildman–Crippen MR) is 103 cm³/mol. The van der Waals surface area contributed by atoms with Crippen LogP contribution < -0.4 is 20.1 Å². The van der Waals surface area contributed by atoms with E-state index in [4.69, 9.17) is 14.6 Å². The van der Waals surface area contributed by atoms with E-state index in [9.17, 15) is 14.4 Å². The first-order valence-electron chi connectivity index (χ1n) is 8.65. The van der Waals surface area contributed by atoms with Gasteiger partial charge in [0, 0.05) is 5.69 Å². The molecule has 0 spiro atoms. The van der Waals surface area contributed by atoms with Crippen molar-refractivity contribution in [3.05, 3.63) is 53.6 Å². The van der Waals surface area contributed by atoms with Gasteiger partial charge in [0.1, 0.15) is 11.5 Å². The molecule has 0 saturated heterocycles. The highest BCUT2D eigenvalue weighted by atomic mass is 16.5. The van der Waals surface area contributed by atoms with Gasteiger partial charge in [0.15, 0.2) is 6.61 Å². The summed E-state index contributed by atoms with van der Waals surface area (Å²) in [4.78, 5) is 35.0. The maximum atomic E-state index is 12.3. The maximum absolute atomic E-state index is 12.3. The minimum absolute atomic E-state index is 0.212. The van der Waals surface area contributed by atoms with E-state index in [0.29, 0.717) is 34.9 Å². The van der Waals surface area contributed by atoms with Gasteiger partial charge in [0.2, 0.25) is 5.91 Å². The third-order valence-electron chi connectivity index (χ3n) is 3.68. The molecule has 0 aromatic heterocycles. The smallest absolute Gasteiger partial charge is 0.341 e. The summed E-state index contributed by atoms with van der Waals surface area (Å²) in [5, 5.41) is 13.9. The van der Waals surface area contributed by atoms with E-state index in [-0.39, 0.29) is 6.54 Å². The molecule has 0 aliphatic rings. The molecule has 0 saturated carbocycles. The third-order valence-corrected chi connectivity index (χ3v) is 3.68. The third kappa shape index (κ3) is 6.01. The van der Waals surface area contributed by atoms with Crippen molar-refractivity contribution in [2.24, 2.45) is 0 Å². The lowest BCUT2D eigenvalue weighted by molar-refractivity contribution is -0.139. The molecule has 2 amide bonds. The molecule has 2 aromatic carbocycles. The van der Waals surface area contributed by atoms with Crippen LogP contribution in [0.2, 0.25) is 0 Å². The number of anilines is 1. The van der Waals surface area contributed by atoms with Crippen LogP contribution in [-0.2, 0) is 9.59 Å². The number of ether oxygens (including phenoxy) is 2. The van der Waals surface area contributed by atoms with Crippen molar-refractivity contribution in [1.82, 2.24) is 5.32 Å². The summed E-state index contributed by atoms with van der Waals surface area (Å²) in [6, 6.07) is 11.6. The average Bonchev–Trinajstić information content (AvgIpc) is 2.67. The van der Waals surface area contributed by atoms with E-state index in [1.54, 1.807) is 49.4 Å². The van der Waals surface area contributed by atoms with Crippen LogP contribution in [0.4, 0.5) is 5.69 Å². The molecule has 0 atom stereocenters. The van der Waals surface area contributed by atoms with Crippen LogP contribution in [-0.4, -0.2) is 42.6 Å². The van der Waals surface area contributed by atoms with Gasteiger partial charge in [-0.1, -0.05) is 12.1 Å². The number of rotatable bonds is 9. The summed E-state index contributed by atoms with van der Waals surface area (Å²) in [5.41, 5.74) is 1.59. The Bertz CT molecular complexity index is 866. The van der Waals surface area contributed by atoms with Gasteiger partial charge in [-0.15, -0.1) is 0 Å². The number of amides is 2. The van der Waals surface area contributed by atoms with E-state index >= 15 is 0 Å². The van der Waals surface area contributed by atoms with Crippen LogP contribution >= 0.6 is 0 Å². The highest BCUT2D eigenvalue weighted by Gasteiger charge is 2.13. The fourth-order valence-electron chi connectivity index (χ4n) is 2.40. The number of hydrogen-bond donors (Lipinski definition) is 3. The highest BCUT2D eigenvalue weighted by Crippen LogP contribution is 2.21. The molecule has 2 aromatic rings. The summed E-state index contributed by atoms with van der Waals surface area (Å²) in [5.74, 6) is -1.04. The zero-order chi connectivity index (χ0) is 20.5. The quantitative estimate of drug-likeness (QED) is 0.609. The number of nitrogens with one attached hydrogen (secondary N) is 2. The Kier molecular flexibility index (Phi) is 7.38. The zero-order valence-corrected chi connectivity index (χ0v) is 15.7. The fourth-order valence-corrected chi connectivity index (χ4v) is 2.40. The summed E-state index contributed by atoms with van der Waals surface area (Å²) < 4.78 is 10.5. The molecule has 0 unspecified atom stereocenters. The first-order valence-corrected chi connectivity index (χ1v) is 8.65. The van der Waals surface area contributed by atoms with Gasteiger partial charge >= 0.3 is 5.97 Å². The first kappa shape index (κ1) is 20.8. The minimum atomic E-state index is -1.07. The Morgan fingerprint density at radius 2 is 1.82 bits per heavy atom. The Balaban J connectivity index is 1.92. The number of aliphatic carboxylic acids is 1. The molecule has 2 rings (SSSR count). The SMILES string of the molecule is CCOc1ccccc1C(=O)NCC(=O)Nc1ccc(OCC(=O)O)cc1C. The molecule has 0 bridgehead atoms. The molecule has 148 valence electrons. The van der Waals surface area contributed by atoms with Gasteiger partial charge < -0.3 is 25.2 Å². The summed E-state index contributed by atoms with van der Waals surface area (Å²) >= 11 is 0. The van der Waals surface area contributed by atoms with Crippen molar-refractivity contribution in [1.29, 1.82) is 0 Å². The standard InChI is InChI=1S/C20H22N2O6/c1-3-27-17-7-5-4-6-15(17)20(26)21-11-18(23)22-16-9-8-14(10-13(16)2)28-12-19(24)25/h4-10H,3,11-12H2,1-2H3,(H,21,26)(H,22,23)(H,24,25). The van der Waals surface area contributed by atoms with Gasteiger partial charge in [0.05, 0.1) is 18.7 Å². The molecular weight excluding hydrogens is 364 g/mol. The number of hydrogen-bond acceptors (Lipinski definition) is 5. The lowest BCUT2D eigenvalue weighted by atomic mass is 10.2. The number of benzene rings is 2. The zero-order valence-electron chi connectivity index (χ0n) is 15.7. The molecule has 0 heterocycles. The highest BCUT2D eigenvalue weighted by molar-refractivity contribution is 6.01. The van der Waals surface area contributed by atoms with Crippen molar-refractivity contribution in [2.45, 2.75) is 13.8 Å². The number of carboxylic acids is 1. The molecule has 8 heteroatoms. The molecule has 28 heavy (non-hydrogen) atoms. The van der Waals surface area contributed by atoms with Crippen molar-refractivity contribution >= 4 is 23.5 Å². The van der Waals surface area contributed by atoms with E-state index in [2.05, 4.69) is 10.6 Å².